The van der Waals surface area contributed by atoms with Crippen LogP contribution in [0, 0.1) is 17.8 Å². The maximum Gasteiger partial charge on any atom is 0.303 e. The fourth-order valence-corrected chi connectivity index (χ4v) is 1.92. The highest BCUT2D eigenvalue weighted by atomic mass is 16.4. The SMILES string of the molecule is CC(C)CCC(=O)NC[C@H](CC(=O)O)CC(C)C. The van der Waals surface area contributed by atoms with Gasteiger partial charge in [0.1, 0.15) is 0 Å². The summed E-state index contributed by atoms with van der Waals surface area (Å²) in [6.07, 6.45) is 2.36. The van der Waals surface area contributed by atoms with E-state index in [-0.39, 0.29) is 18.2 Å². The molecule has 0 unspecified atom stereocenters. The predicted octanol–water partition coefficient (Wildman–Crippen LogP) is 2.68. The Bertz CT molecular complexity index is 262. The van der Waals surface area contributed by atoms with Gasteiger partial charge in [-0.3, -0.25) is 9.59 Å². The second kappa shape index (κ2) is 8.95. The summed E-state index contributed by atoms with van der Waals surface area (Å²) in [6, 6.07) is 0. The van der Waals surface area contributed by atoms with Crippen molar-refractivity contribution in [3.05, 3.63) is 0 Å². The van der Waals surface area contributed by atoms with Crippen molar-refractivity contribution in [3.8, 4) is 0 Å². The molecule has 1 atom stereocenters. The fraction of sp³-hybridized carbons (Fsp3) is 0.857. The Hall–Kier alpha value is -1.06. The number of amides is 1. The average molecular weight is 257 g/mol. The van der Waals surface area contributed by atoms with E-state index in [4.69, 9.17) is 5.11 Å². The Kier molecular flexibility index (Phi) is 8.42. The molecular weight excluding hydrogens is 230 g/mol. The molecule has 18 heavy (non-hydrogen) atoms. The molecule has 0 saturated heterocycles. The summed E-state index contributed by atoms with van der Waals surface area (Å²) < 4.78 is 0. The summed E-state index contributed by atoms with van der Waals surface area (Å²) in [7, 11) is 0. The van der Waals surface area contributed by atoms with Gasteiger partial charge in [-0.2, -0.15) is 0 Å². The molecule has 0 aliphatic carbocycles. The molecule has 0 aliphatic heterocycles. The second-order valence-corrected chi connectivity index (χ2v) is 5.83. The first-order chi connectivity index (χ1) is 8.31. The van der Waals surface area contributed by atoms with Gasteiger partial charge in [0.05, 0.1) is 0 Å². The molecular formula is C14H27NO3. The molecule has 0 rings (SSSR count). The highest BCUT2D eigenvalue weighted by Gasteiger charge is 2.16. The number of carbonyl (C=O) groups excluding carboxylic acids is 1. The molecule has 0 aromatic carbocycles. The van der Waals surface area contributed by atoms with Crippen molar-refractivity contribution in [2.45, 2.75) is 53.4 Å². The molecule has 0 aliphatic rings. The third-order valence-electron chi connectivity index (χ3n) is 2.80. The first kappa shape index (κ1) is 16.9. The van der Waals surface area contributed by atoms with Gasteiger partial charge < -0.3 is 10.4 Å². The topological polar surface area (TPSA) is 66.4 Å². The largest absolute Gasteiger partial charge is 0.481 e. The van der Waals surface area contributed by atoms with Crippen LogP contribution in [0.1, 0.15) is 53.4 Å². The summed E-state index contributed by atoms with van der Waals surface area (Å²) in [5.41, 5.74) is 0. The maximum atomic E-state index is 11.6. The lowest BCUT2D eigenvalue weighted by atomic mass is 9.94. The second-order valence-electron chi connectivity index (χ2n) is 5.83. The van der Waals surface area contributed by atoms with Crippen LogP contribution in [0.15, 0.2) is 0 Å². The number of rotatable bonds is 9. The van der Waals surface area contributed by atoms with Gasteiger partial charge in [-0.15, -0.1) is 0 Å². The molecule has 0 aromatic rings. The zero-order chi connectivity index (χ0) is 14.1. The van der Waals surface area contributed by atoms with Crippen molar-refractivity contribution in [1.82, 2.24) is 5.32 Å². The van der Waals surface area contributed by atoms with E-state index in [1.165, 1.54) is 0 Å². The van der Waals surface area contributed by atoms with Crippen molar-refractivity contribution in [2.24, 2.45) is 17.8 Å². The third-order valence-corrected chi connectivity index (χ3v) is 2.80. The van der Waals surface area contributed by atoms with Crippen molar-refractivity contribution >= 4 is 11.9 Å². The van der Waals surface area contributed by atoms with E-state index in [0.29, 0.717) is 24.8 Å². The summed E-state index contributed by atoms with van der Waals surface area (Å²) >= 11 is 0. The van der Waals surface area contributed by atoms with Gasteiger partial charge in [-0.25, -0.2) is 0 Å². The van der Waals surface area contributed by atoms with Gasteiger partial charge in [0.2, 0.25) is 5.91 Å². The molecule has 0 fully saturated rings. The lowest BCUT2D eigenvalue weighted by Crippen LogP contribution is -2.31. The predicted molar refractivity (Wildman–Crippen MR) is 72.3 cm³/mol. The van der Waals surface area contributed by atoms with Crippen LogP contribution in [0.25, 0.3) is 0 Å². The summed E-state index contributed by atoms with van der Waals surface area (Å²) in [4.78, 5) is 22.3. The van der Waals surface area contributed by atoms with Crippen LogP contribution < -0.4 is 5.32 Å². The van der Waals surface area contributed by atoms with Gasteiger partial charge in [-0.05, 0) is 30.6 Å². The standard InChI is InChI=1S/C14H27NO3/c1-10(2)5-6-13(16)15-9-12(7-11(3)4)8-14(17)18/h10-12H,5-9H2,1-4H3,(H,15,16)(H,17,18)/t12-/m0/s1. The van der Waals surface area contributed by atoms with Crippen molar-refractivity contribution in [3.63, 3.8) is 0 Å². The molecule has 4 heteroatoms. The minimum Gasteiger partial charge on any atom is -0.481 e. The molecule has 106 valence electrons. The number of hydrogen-bond donors (Lipinski definition) is 2. The zero-order valence-corrected chi connectivity index (χ0v) is 12.0. The average Bonchev–Trinajstić information content (AvgIpc) is 2.21. The van der Waals surface area contributed by atoms with Crippen molar-refractivity contribution in [1.29, 1.82) is 0 Å². The Balaban J connectivity index is 4.00. The Morgan fingerprint density at radius 1 is 1.11 bits per heavy atom. The minimum atomic E-state index is -0.794. The normalized spacial score (nSPS) is 12.8. The van der Waals surface area contributed by atoms with Crippen LogP contribution in [0.4, 0.5) is 0 Å². The smallest absolute Gasteiger partial charge is 0.303 e. The third kappa shape index (κ3) is 10.1. The highest BCUT2D eigenvalue weighted by Crippen LogP contribution is 2.15. The minimum absolute atomic E-state index is 0.0304. The summed E-state index contributed by atoms with van der Waals surface area (Å²) in [6.45, 7) is 8.77. The van der Waals surface area contributed by atoms with Crippen LogP contribution in [0.2, 0.25) is 0 Å². The monoisotopic (exact) mass is 257 g/mol. The number of hydrogen-bond acceptors (Lipinski definition) is 2. The van der Waals surface area contributed by atoms with E-state index in [2.05, 4.69) is 33.0 Å². The number of carbonyl (C=O) groups is 2. The van der Waals surface area contributed by atoms with E-state index in [1.807, 2.05) is 0 Å². The summed E-state index contributed by atoms with van der Waals surface area (Å²) in [5.74, 6) is 0.230. The Morgan fingerprint density at radius 3 is 2.17 bits per heavy atom. The van der Waals surface area contributed by atoms with Crippen LogP contribution in [0.5, 0.6) is 0 Å². The fourth-order valence-electron chi connectivity index (χ4n) is 1.92. The zero-order valence-electron chi connectivity index (χ0n) is 12.0. The van der Waals surface area contributed by atoms with E-state index in [0.717, 1.165) is 12.8 Å². The quantitative estimate of drug-likeness (QED) is 0.667. The van der Waals surface area contributed by atoms with Crippen molar-refractivity contribution in [2.75, 3.05) is 6.54 Å². The number of nitrogens with one attached hydrogen (secondary N) is 1. The van der Waals surface area contributed by atoms with Crippen LogP contribution >= 0.6 is 0 Å². The molecule has 1 amide bonds. The molecule has 4 nitrogen and oxygen atoms in total. The van der Waals surface area contributed by atoms with Crippen LogP contribution in [0.3, 0.4) is 0 Å². The Labute approximate surface area is 110 Å². The summed E-state index contributed by atoms with van der Waals surface area (Å²) in [5, 5.41) is 11.7. The molecule has 0 spiro atoms. The van der Waals surface area contributed by atoms with Gasteiger partial charge in [0.15, 0.2) is 0 Å². The first-order valence-corrected chi connectivity index (χ1v) is 6.79. The highest BCUT2D eigenvalue weighted by molar-refractivity contribution is 5.76. The van der Waals surface area contributed by atoms with E-state index in [9.17, 15) is 9.59 Å². The van der Waals surface area contributed by atoms with E-state index < -0.39 is 5.97 Å². The lowest BCUT2D eigenvalue weighted by molar-refractivity contribution is -0.138. The maximum absolute atomic E-state index is 11.6. The molecule has 0 radical (unpaired) electrons. The molecule has 0 bridgehead atoms. The molecule has 2 N–H and O–H groups in total. The van der Waals surface area contributed by atoms with Gasteiger partial charge in [0, 0.05) is 19.4 Å². The van der Waals surface area contributed by atoms with Gasteiger partial charge >= 0.3 is 5.97 Å². The van der Waals surface area contributed by atoms with Crippen LogP contribution in [-0.2, 0) is 9.59 Å². The molecule has 0 saturated carbocycles. The lowest BCUT2D eigenvalue weighted by Gasteiger charge is -2.18. The number of carboxylic acid groups (broad SMARTS) is 1. The van der Waals surface area contributed by atoms with E-state index in [1.54, 1.807) is 0 Å². The van der Waals surface area contributed by atoms with Crippen molar-refractivity contribution < 1.29 is 14.7 Å². The Morgan fingerprint density at radius 2 is 1.72 bits per heavy atom. The molecule has 0 heterocycles. The first-order valence-electron chi connectivity index (χ1n) is 6.79. The number of aliphatic carboxylic acids is 1. The van der Waals surface area contributed by atoms with Gasteiger partial charge in [0.25, 0.3) is 0 Å². The number of carboxylic acids is 1. The molecule has 0 aromatic heterocycles. The van der Waals surface area contributed by atoms with Crippen LogP contribution in [-0.4, -0.2) is 23.5 Å². The van der Waals surface area contributed by atoms with Gasteiger partial charge in [-0.1, -0.05) is 27.7 Å². The van der Waals surface area contributed by atoms with E-state index >= 15 is 0 Å².